The zero-order valence-corrected chi connectivity index (χ0v) is 34.0. The largest absolute Gasteiger partial charge is 0.506 e. The molecule has 1 atom stereocenters. The number of carbonyl (C=O) groups excluding carboxylic acids is 1. The number of phenols is 1. The van der Waals surface area contributed by atoms with Crippen LogP contribution in [0.4, 0.5) is 22.7 Å². The summed E-state index contributed by atoms with van der Waals surface area (Å²) < 4.78 is 28.6. The first-order valence-corrected chi connectivity index (χ1v) is 21.4. The molecule has 1 aliphatic heterocycles. The second-order valence-electron chi connectivity index (χ2n) is 13.3. The predicted molar refractivity (Wildman–Crippen MR) is 220 cm³/mol. The number of amidine groups is 1. The molecule has 0 aliphatic carbocycles. The van der Waals surface area contributed by atoms with E-state index in [2.05, 4.69) is 32.3 Å². The summed E-state index contributed by atoms with van der Waals surface area (Å²) in [7, 11) is -3.64. The van der Waals surface area contributed by atoms with Gasteiger partial charge in [-0.2, -0.15) is 15.2 Å². The van der Waals surface area contributed by atoms with Crippen molar-refractivity contribution in [2.45, 2.75) is 110 Å². The first-order valence-electron chi connectivity index (χ1n) is 18.2. The molecular formula is C38H48Cl4N6O4S. The van der Waals surface area contributed by atoms with Crippen molar-refractivity contribution in [1.29, 1.82) is 0 Å². The molecule has 3 aromatic rings. The number of unbranched alkanes of at least 4 members (excludes halogenated alkanes) is 13. The molecule has 0 fully saturated rings. The molecule has 0 aromatic heterocycles. The van der Waals surface area contributed by atoms with E-state index in [1.807, 2.05) is 6.92 Å². The number of phenolic OH excluding ortho intramolecular Hbond substituents is 1. The highest BCUT2D eigenvalue weighted by Gasteiger charge is 2.39. The summed E-state index contributed by atoms with van der Waals surface area (Å²) in [5.74, 6) is -0.793. The third-order valence-corrected chi connectivity index (χ3v) is 11.3. The van der Waals surface area contributed by atoms with E-state index in [0.717, 1.165) is 29.8 Å². The molecule has 4 rings (SSSR count). The first-order chi connectivity index (χ1) is 25.4. The Bertz CT molecular complexity index is 1850. The molecule has 1 unspecified atom stereocenters. The number of sulfonamides is 1. The topological polar surface area (TPSA) is 136 Å². The fraction of sp³-hybridized carbons (Fsp3) is 0.474. The van der Waals surface area contributed by atoms with E-state index in [-0.39, 0.29) is 60.2 Å². The van der Waals surface area contributed by atoms with Crippen LogP contribution in [0.1, 0.15) is 102 Å². The van der Waals surface area contributed by atoms with Gasteiger partial charge in [-0.3, -0.25) is 9.52 Å². The van der Waals surface area contributed by atoms with Crippen molar-refractivity contribution < 1.29 is 18.3 Å². The van der Waals surface area contributed by atoms with Gasteiger partial charge in [0.1, 0.15) is 17.1 Å². The minimum Gasteiger partial charge on any atom is -0.506 e. The number of nitrogens with zero attached hydrogens (tertiary/aromatic N) is 4. The maximum Gasteiger partial charge on any atom is 0.282 e. The SMILES string of the molecule is CCCCCCCCCCCCCCCCS(=O)(=O)Nc1ccc(Cl)c(NC2=NN(c3c(Cl)cc(Cl)cc3Cl)C(=O)C2/N=N/c2ccc(C)cc2O)c1. The second kappa shape index (κ2) is 21.1. The quantitative estimate of drug-likeness (QED) is 0.0726. The number of benzene rings is 3. The molecule has 10 nitrogen and oxygen atoms in total. The fourth-order valence-electron chi connectivity index (χ4n) is 5.92. The molecule has 0 radical (unpaired) electrons. The fourth-order valence-corrected chi connectivity index (χ4v) is 8.23. The van der Waals surface area contributed by atoms with Crippen molar-refractivity contribution in [2.75, 3.05) is 20.8 Å². The van der Waals surface area contributed by atoms with Gasteiger partial charge >= 0.3 is 0 Å². The van der Waals surface area contributed by atoms with Crippen LogP contribution in [0.2, 0.25) is 20.1 Å². The van der Waals surface area contributed by atoms with Crippen LogP contribution in [0.15, 0.2) is 63.9 Å². The minimum atomic E-state index is -3.64. The van der Waals surface area contributed by atoms with Crippen LogP contribution >= 0.6 is 46.4 Å². The number of rotatable bonds is 21. The number of hydrogen-bond donors (Lipinski definition) is 3. The Hall–Kier alpha value is -3.09. The summed E-state index contributed by atoms with van der Waals surface area (Å²) in [5.41, 5.74) is 1.55. The molecule has 53 heavy (non-hydrogen) atoms. The normalized spacial score (nSPS) is 14.7. The maximum atomic E-state index is 13.7. The van der Waals surface area contributed by atoms with E-state index in [1.165, 1.54) is 94.5 Å². The lowest BCUT2D eigenvalue weighted by Crippen LogP contribution is -2.33. The highest BCUT2D eigenvalue weighted by atomic mass is 35.5. The first kappa shape index (κ1) is 42.6. The average Bonchev–Trinajstić information content (AvgIpc) is 3.38. The van der Waals surface area contributed by atoms with Crippen LogP contribution in [0.25, 0.3) is 0 Å². The van der Waals surface area contributed by atoms with E-state index in [9.17, 15) is 18.3 Å². The van der Waals surface area contributed by atoms with Gasteiger partial charge in [0.15, 0.2) is 5.84 Å². The van der Waals surface area contributed by atoms with Gasteiger partial charge in [0, 0.05) is 5.02 Å². The number of nitrogens with one attached hydrogen (secondary N) is 2. The number of hydrazone groups is 1. The van der Waals surface area contributed by atoms with Gasteiger partial charge in [-0.1, -0.05) is 143 Å². The third-order valence-electron chi connectivity index (χ3n) is 8.78. The average molecular weight is 827 g/mol. The van der Waals surface area contributed by atoms with Crippen molar-refractivity contribution in [2.24, 2.45) is 15.3 Å². The number of halogens is 4. The Morgan fingerprint density at radius 2 is 1.38 bits per heavy atom. The smallest absolute Gasteiger partial charge is 0.282 e. The van der Waals surface area contributed by atoms with Gasteiger partial charge in [-0.15, -0.1) is 5.10 Å². The molecule has 0 bridgehead atoms. The van der Waals surface area contributed by atoms with E-state index < -0.39 is 22.0 Å². The highest BCUT2D eigenvalue weighted by molar-refractivity contribution is 7.92. The second-order valence-corrected chi connectivity index (χ2v) is 16.8. The summed E-state index contributed by atoms with van der Waals surface area (Å²) >= 11 is 25.5. The summed E-state index contributed by atoms with van der Waals surface area (Å²) in [6, 6.07) is 10.9. The van der Waals surface area contributed by atoms with E-state index in [1.54, 1.807) is 18.2 Å². The monoisotopic (exact) mass is 824 g/mol. The van der Waals surface area contributed by atoms with E-state index >= 15 is 0 Å². The van der Waals surface area contributed by atoms with Gasteiger partial charge in [0.2, 0.25) is 16.1 Å². The predicted octanol–water partition coefficient (Wildman–Crippen LogP) is 12.5. The Morgan fingerprint density at radius 3 is 1.96 bits per heavy atom. The van der Waals surface area contributed by atoms with E-state index in [4.69, 9.17) is 46.4 Å². The lowest BCUT2D eigenvalue weighted by atomic mass is 10.0. The molecule has 1 amide bonds. The molecule has 1 aliphatic rings. The maximum absolute atomic E-state index is 13.7. The number of azo groups is 1. The summed E-state index contributed by atoms with van der Waals surface area (Å²) in [5, 5.41) is 27.7. The van der Waals surface area contributed by atoms with Crippen molar-refractivity contribution in [3.8, 4) is 5.75 Å². The molecule has 288 valence electrons. The van der Waals surface area contributed by atoms with Gasteiger partial charge in [0.25, 0.3) is 5.91 Å². The van der Waals surface area contributed by atoms with Crippen LogP contribution in [0.5, 0.6) is 5.75 Å². The third kappa shape index (κ3) is 13.3. The number of carbonyl (C=O) groups is 1. The van der Waals surface area contributed by atoms with E-state index in [0.29, 0.717) is 6.42 Å². The zero-order chi connectivity index (χ0) is 38.4. The lowest BCUT2D eigenvalue weighted by molar-refractivity contribution is -0.117. The van der Waals surface area contributed by atoms with Crippen molar-refractivity contribution in [1.82, 2.24) is 0 Å². The zero-order valence-electron chi connectivity index (χ0n) is 30.2. The number of aromatic hydroxyl groups is 1. The van der Waals surface area contributed by atoms with Gasteiger partial charge in [0.05, 0.1) is 32.2 Å². The lowest BCUT2D eigenvalue weighted by Gasteiger charge is -2.15. The standard InChI is InChI=1S/C38H48Cl4N6O4S/c1-3-4-5-6-7-8-9-10-11-12-13-14-15-16-21-53(51,52)47-28-18-19-29(40)33(25-28)43-37-35(45-44-32-20-17-26(2)22-34(32)49)38(50)48(46-37)36-30(41)23-27(39)24-31(36)42/h17-20,22-25,35,47,49H,3-16,21H2,1-2H3,(H,43,46)/b45-44+. The van der Waals surface area contributed by atoms with Crippen LogP contribution in [-0.4, -0.2) is 37.1 Å². The number of anilines is 3. The molecule has 0 spiro atoms. The Balaban J connectivity index is 1.37. The van der Waals surface area contributed by atoms with Crippen LogP contribution < -0.4 is 15.0 Å². The molecule has 15 heteroatoms. The Labute approximate surface area is 333 Å². The highest BCUT2D eigenvalue weighted by Crippen LogP contribution is 2.39. The van der Waals surface area contributed by atoms with Gasteiger partial charge < -0.3 is 10.4 Å². The van der Waals surface area contributed by atoms with Crippen LogP contribution in [-0.2, 0) is 14.8 Å². The summed E-state index contributed by atoms with van der Waals surface area (Å²) in [4.78, 5) is 13.7. The molecule has 1 heterocycles. The summed E-state index contributed by atoms with van der Waals surface area (Å²) in [6.45, 7) is 4.05. The van der Waals surface area contributed by atoms with Gasteiger partial charge in [-0.25, -0.2) is 8.42 Å². The molecule has 3 N–H and O–H groups in total. The molecule has 3 aromatic carbocycles. The van der Waals surface area contributed by atoms with Crippen LogP contribution in [0, 0.1) is 6.92 Å². The number of aryl methyl sites for hydroxylation is 1. The molecule has 0 saturated carbocycles. The molecule has 0 saturated heterocycles. The van der Waals surface area contributed by atoms with Crippen molar-refractivity contribution >= 4 is 90.9 Å². The summed E-state index contributed by atoms with van der Waals surface area (Å²) in [6.07, 6.45) is 16.5. The Morgan fingerprint density at radius 1 is 0.792 bits per heavy atom. The van der Waals surface area contributed by atoms with Crippen molar-refractivity contribution in [3.63, 3.8) is 0 Å². The minimum absolute atomic E-state index is 0.00301. The Kier molecular flexibility index (Phi) is 17.0. The van der Waals surface area contributed by atoms with Crippen molar-refractivity contribution in [3.05, 3.63) is 74.2 Å². The number of hydrogen-bond acceptors (Lipinski definition) is 8. The van der Waals surface area contributed by atoms with Gasteiger partial charge in [-0.05, 0) is 61.4 Å². The number of amides is 1. The molecular weight excluding hydrogens is 778 g/mol. The van der Waals surface area contributed by atoms with Crippen LogP contribution in [0.3, 0.4) is 0 Å².